The fraction of sp³-hybridized carbons (Fsp3) is 0.462. The lowest BCUT2D eigenvalue weighted by Crippen LogP contribution is -2.36. The molecule has 0 radical (unpaired) electrons. The fourth-order valence-electron chi connectivity index (χ4n) is 1.60. The summed E-state index contributed by atoms with van der Waals surface area (Å²) >= 11 is 0. The van der Waals surface area contributed by atoms with Crippen LogP contribution >= 0.6 is 0 Å². The van der Waals surface area contributed by atoms with Gasteiger partial charge in [0.2, 0.25) is 0 Å². The minimum absolute atomic E-state index is 0.0680. The molecule has 118 valence electrons. The summed E-state index contributed by atoms with van der Waals surface area (Å²) in [4.78, 5) is 11.3. The van der Waals surface area contributed by atoms with Crippen molar-refractivity contribution >= 4 is 22.0 Å². The van der Waals surface area contributed by atoms with E-state index in [0.717, 1.165) is 5.56 Å². The minimum Gasteiger partial charge on any atom is -0.446 e. The van der Waals surface area contributed by atoms with Crippen LogP contribution in [-0.4, -0.2) is 32.3 Å². The molecule has 1 amide bonds. The molecule has 0 aromatic heterocycles. The zero-order valence-corrected chi connectivity index (χ0v) is 12.8. The van der Waals surface area contributed by atoms with Gasteiger partial charge in [-0.3, -0.25) is 4.72 Å². The molecule has 0 aliphatic rings. The Labute approximate surface area is 124 Å². The Morgan fingerprint density at radius 1 is 1.38 bits per heavy atom. The zero-order valence-electron chi connectivity index (χ0n) is 12.0. The Hall–Kier alpha value is -1.80. The van der Waals surface area contributed by atoms with Crippen LogP contribution in [-0.2, 0) is 21.4 Å². The molecule has 0 aliphatic carbocycles. The standard InChI is InChI=1S/C13H20N2O5S/c1-10(2)20-13(17)15-21(18,19)14-12-7-3-5-11(9-12)6-4-8-16/h3,5,7,9-10,14,16H,4,6,8H2,1-2H3,(H,15,17). The van der Waals surface area contributed by atoms with Gasteiger partial charge in [0.25, 0.3) is 0 Å². The SMILES string of the molecule is CC(C)OC(=O)NS(=O)(=O)Nc1cccc(CCCO)c1. The smallest absolute Gasteiger partial charge is 0.422 e. The maximum atomic E-state index is 11.8. The van der Waals surface area contributed by atoms with Crippen molar-refractivity contribution < 1.29 is 23.1 Å². The van der Waals surface area contributed by atoms with Crippen LogP contribution in [0.3, 0.4) is 0 Å². The van der Waals surface area contributed by atoms with Crippen molar-refractivity contribution in [3.8, 4) is 0 Å². The summed E-state index contributed by atoms with van der Waals surface area (Å²) < 4.78 is 32.2. The number of amides is 1. The number of ether oxygens (including phenoxy) is 1. The Kier molecular flexibility index (Phi) is 6.44. The zero-order chi connectivity index (χ0) is 15.9. The van der Waals surface area contributed by atoms with Gasteiger partial charge < -0.3 is 9.84 Å². The summed E-state index contributed by atoms with van der Waals surface area (Å²) in [5, 5.41) is 8.78. The van der Waals surface area contributed by atoms with E-state index in [9.17, 15) is 13.2 Å². The molecule has 1 aromatic rings. The summed E-state index contributed by atoms with van der Waals surface area (Å²) in [6.07, 6.45) is -0.222. The molecule has 0 aliphatic heterocycles. The van der Waals surface area contributed by atoms with Gasteiger partial charge >= 0.3 is 16.3 Å². The predicted octanol–water partition coefficient (Wildman–Crippen LogP) is 1.40. The lowest BCUT2D eigenvalue weighted by Gasteiger charge is -2.12. The minimum atomic E-state index is -4.04. The van der Waals surface area contributed by atoms with E-state index in [-0.39, 0.29) is 6.61 Å². The van der Waals surface area contributed by atoms with E-state index in [1.165, 1.54) is 0 Å². The predicted molar refractivity (Wildman–Crippen MR) is 79.1 cm³/mol. The maximum absolute atomic E-state index is 11.8. The van der Waals surface area contributed by atoms with E-state index >= 15 is 0 Å². The van der Waals surface area contributed by atoms with Gasteiger partial charge in [-0.05, 0) is 44.4 Å². The Morgan fingerprint density at radius 3 is 2.71 bits per heavy atom. The van der Waals surface area contributed by atoms with Gasteiger partial charge in [-0.25, -0.2) is 9.52 Å². The highest BCUT2D eigenvalue weighted by Crippen LogP contribution is 2.13. The monoisotopic (exact) mass is 316 g/mol. The highest BCUT2D eigenvalue weighted by Gasteiger charge is 2.16. The van der Waals surface area contributed by atoms with Crippen molar-refractivity contribution in [2.45, 2.75) is 32.8 Å². The number of carbonyl (C=O) groups excluding carboxylic acids is 1. The molecule has 21 heavy (non-hydrogen) atoms. The number of nitrogens with one attached hydrogen (secondary N) is 2. The van der Waals surface area contributed by atoms with Crippen LogP contribution in [0.5, 0.6) is 0 Å². The number of aryl methyl sites for hydroxylation is 1. The van der Waals surface area contributed by atoms with Gasteiger partial charge in [-0.1, -0.05) is 12.1 Å². The van der Waals surface area contributed by atoms with Crippen LogP contribution in [0, 0.1) is 0 Å². The third-order valence-electron chi connectivity index (χ3n) is 2.36. The first-order valence-electron chi connectivity index (χ1n) is 6.53. The molecule has 0 saturated carbocycles. The lowest BCUT2D eigenvalue weighted by atomic mass is 10.1. The number of aliphatic hydroxyl groups is 1. The second-order valence-corrected chi connectivity index (χ2v) is 6.10. The van der Waals surface area contributed by atoms with Crippen molar-refractivity contribution in [2.75, 3.05) is 11.3 Å². The number of hydrogen-bond donors (Lipinski definition) is 3. The molecule has 0 saturated heterocycles. The highest BCUT2D eigenvalue weighted by atomic mass is 32.2. The molecule has 0 spiro atoms. The number of benzene rings is 1. The van der Waals surface area contributed by atoms with E-state index in [2.05, 4.69) is 4.72 Å². The van der Waals surface area contributed by atoms with Crippen molar-refractivity contribution in [3.63, 3.8) is 0 Å². The molecule has 0 unspecified atom stereocenters. The molecule has 0 fully saturated rings. The molecule has 7 nitrogen and oxygen atoms in total. The van der Waals surface area contributed by atoms with Crippen LogP contribution in [0.2, 0.25) is 0 Å². The van der Waals surface area contributed by atoms with Crippen molar-refractivity contribution in [2.24, 2.45) is 0 Å². The van der Waals surface area contributed by atoms with E-state index in [1.54, 1.807) is 36.8 Å². The molecular weight excluding hydrogens is 296 g/mol. The lowest BCUT2D eigenvalue weighted by molar-refractivity contribution is 0.121. The normalized spacial score (nSPS) is 11.2. The van der Waals surface area contributed by atoms with Gasteiger partial charge in [-0.15, -0.1) is 0 Å². The first-order valence-corrected chi connectivity index (χ1v) is 8.01. The van der Waals surface area contributed by atoms with Crippen LogP contribution in [0.1, 0.15) is 25.8 Å². The average Bonchev–Trinajstić information content (AvgIpc) is 2.34. The third-order valence-corrected chi connectivity index (χ3v) is 3.30. The maximum Gasteiger partial charge on any atom is 0.422 e. The molecule has 1 aromatic carbocycles. The van der Waals surface area contributed by atoms with E-state index in [4.69, 9.17) is 9.84 Å². The van der Waals surface area contributed by atoms with Crippen LogP contribution < -0.4 is 9.44 Å². The van der Waals surface area contributed by atoms with Crippen LogP contribution in [0.15, 0.2) is 24.3 Å². The Bertz CT molecular complexity index is 572. The van der Waals surface area contributed by atoms with Gasteiger partial charge in [0.05, 0.1) is 11.8 Å². The molecule has 8 heteroatoms. The van der Waals surface area contributed by atoms with Crippen LogP contribution in [0.25, 0.3) is 0 Å². The van der Waals surface area contributed by atoms with Crippen LogP contribution in [0.4, 0.5) is 10.5 Å². The van der Waals surface area contributed by atoms with Gasteiger partial charge in [0.15, 0.2) is 0 Å². The summed E-state index contributed by atoms with van der Waals surface area (Å²) in [7, 11) is -4.04. The van der Waals surface area contributed by atoms with E-state index in [0.29, 0.717) is 18.5 Å². The quantitative estimate of drug-likeness (QED) is 0.705. The molecule has 0 heterocycles. The number of anilines is 1. The topological polar surface area (TPSA) is 105 Å². The number of hydrogen-bond acceptors (Lipinski definition) is 5. The van der Waals surface area contributed by atoms with E-state index in [1.807, 2.05) is 6.07 Å². The summed E-state index contributed by atoms with van der Waals surface area (Å²) in [6.45, 7) is 3.30. The highest BCUT2D eigenvalue weighted by molar-refractivity contribution is 7.91. The Morgan fingerprint density at radius 2 is 2.10 bits per heavy atom. The summed E-state index contributed by atoms with van der Waals surface area (Å²) in [5.74, 6) is 0. The second-order valence-electron chi connectivity index (χ2n) is 4.69. The van der Waals surface area contributed by atoms with Gasteiger partial charge in [0, 0.05) is 6.61 Å². The first-order chi connectivity index (χ1) is 9.82. The van der Waals surface area contributed by atoms with E-state index < -0.39 is 22.4 Å². The number of carbonyl (C=O) groups is 1. The molecular formula is C13H20N2O5S. The van der Waals surface area contributed by atoms with Gasteiger partial charge in [-0.2, -0.15) is 8.42 Å². The molecule has 0 atom stereocenters. The Balaban J connectivity index is 2.68. The second kappa shape index (κ2) is 7.84. The fourth-order valence-corrected chi connectivity index (χ4v) is 2.36. The average molecular weight is 316 g/mol. The first kappa shape index (κ1) is 17.3. The molecule has 3 N–H and O–H groups in total. The van der Waals surface area contributed by atoms with Crippen molar-refractivity contribution in [1.29, 1.82) is 0 Å². The van der Waals surface area contributed by atoms with Gasteiger partial charge in [0.1, 0.15) is 0 Å². The van der Waals surface area contributed by atoms with Crippen molar-refractivity contribution in [1.82, 2.24) is 4.72 Å². The number of rotatable bonds is 7. The van der Waals surface area contributed by atoms with Crippen molar-refractivity contribution in [3.05, 3.63) is 29.8 Å². The summed E-state index contributed by atoms with van der Waals surface area (Å²) in [5.41, 5.74) is 1.21. The largest absolute Gasteiger partial charge is 0.446 e. The third kappa shape index (κ3) is 6.96. The number of aliphatic hydroxyl groups excluding tert-OH is 1. The molecule has 1 rings (SSSR count). The summed E-state index contributed by atoms with van der Waals surface area (Å²) in [6, 6.07) is 6.73. The molecule has 0 bridgehead atoms.